The molecular formula is C29H25Cl3N2O5. The Morgan fingerprint density at radius 1 is 0.974 bits per heavy atom. The van der Waals surface area contributed by atoms with E-state index in [0.717, 1.165) is 22.6 Å². The number of carbonyl (C=O) groups is 2. The molecule has 0 aliphatic rings. The minimum Gasteiger partial charge on any atom is -0.493 e. The second kappa shape index (κ2) is 13.0. The summed E-state index contributed by atoms with van der Waals surface area (Å²) in [6.07, 6.45) is 0.775. The summed E-state index contributed by atoms with van der Waals surface area (Å²) in [6.45, 7) is 2.33. The van der Waals surface area contributed by atoms with Crippen LogP contribution in [0.15, 0.2) is 65.1 Å². The van der Waals surface area contributed by atoms with Crippen molar-refractivity contribution < 1.29 is 23.8 Å². The van der Waals surface area contributed by atoms with Gasteiger partial charge in [-0.15, -0.1) is 0 Å². The van der Waals surface area contributed by atoms with Gasteiger partial charge in [0.15, 0.2) is 0 Å². The third-order valence-electron chi connectivity index (χ3n) is 5.98. The summed E-state index contributed by atoms with van der Waals surface area (Å²) in [5.41, 5.74) is 3.30. The number of carboxylic acid groups (broad SMARTS) is 1. The number of aliphatic carboxylic acids is 1. The van der Waals surface area contributed by atoms with E-state index in [2.05, 4.69) is 10.3 Å². The zero-order valence-corrected chi connectivity index (χ0v) is 23.2. The summed E-state index contributed by atoms with van der Waals surface area (Å²) >= 11 is 18.3. The van der Waals surface area contributed by atoms with Crippen molar-refractivity contribution in [3.8, 4) is 17.2 Å². The van der Waals surface area contributed by atoms with Crippen molar-refractivity contribution in [2.75, 3.05) is 6.61 Å². The first-order valence-electron chi connectivity index (χ1n) is 12.1. The minimum atomic E-state index is -0.914. The molecule has 4 aromatic rings. The van der Waals surface area contributed by atoms with Gasteiger partial charge in [-0.25, -0.2) is 4.98 Å². The number of benzene rings is 3. The molecule has 0 radical (unpaired) electrons. The van der Waals surface area contributed by atoms with Crippen LogP contribution in [0.2, 0.25) is 15.1 Å². The van der Waals surface area contributed by atoms with Crippen LogP contribution < -0.4 is 10.1 Å². The maximum absolute atomic E-state index is 12.8. The number of oxazole rings is 1. The molecule has 7 nitrogen and oxygen atoms in total. The van der Waals surface area contributed by atoms with Crippen LogP contribution in [0, 0.1) is 6.92 Å². The molecule has 0 saturated heterocycles. The number of rotatable bonds is 11. The normalized spacial score (nSPS) is 10.9. The average molecular weight is 588 g/mol. The molecule has 0 saturated carbocycles. The number of carbonyl (C=O) groups excluding carboxylic acids is 1. The highest BCUT2D eigenvalue weighted by Crippen LogP contribution is 2.29. The molecule has 0 aliphatic carbocycles. The van der Waals surface area contributed by atoms with E-state index in [-0.39, 0.29) is 28.6 Å². The van der Waals surface area contributed by atoms with E-state index >= 15 is 0 Å². The van der Waals surface area contributed by atoms with Gasteiger partial charge in [0, 0.05) is 30.0 Å². The number of aryl methyl sites for hydroxylation is 2. The predicted molar refractivity (Wildman–Crippen MR) is 151 cm³/mol. The van der Waals surface area contributed by atoms with Crippen LogP contribution in [-0.2, 0) is 24.2 Å². The molecule has 1 amide bonds. The van der Waals surface area contributed by atoms with Gasteiger partial charge in [-0.05, 0) is 60.9 Å². The monoisotopic (exact) mass is 586 g/mol. The van der Waals surface area contributed by atoms with Gasteiger partial charge in [0.05, 0.1) is 27.9 Å². The number of halogens is 3. The van der Waals surface area contributed by atoms with Crippen LogP contribution in [0.3, 0.4) is 0 Å². The van der Waals surface area contributed by atoms with E-state index in [0.29, 0.717) is 41.7 Å². The quantitative estimate of drug-likeness (QED) is 0.193. The summed E-state index contributed by atoms with van der Waals surface area (Å²) in [7, 11) is 0. The van der Waals surface area contributed by atoms with Gasteiger partial charge in [-0.2, -0.15) is 0 Å². The van der Waals surface area contributed by atoms with Crippen molar-refractivity contribution in [1.29, 1.82) is 0 Å². The molecule has 1 heterocycles. The first-order chi connectivity index (χ1) is 18.7. The van der Waals surface area contributed by atoms with Crippen molar-refractivity contribution in [1.82, 2.24) is 10.3 Å². The van der Waals surface area contributed by atoms with E-state index in [1.807, 2.05) is 37.3 Å². The van der Waals surface area contributed by atoms with Crippen LogP contribution in [0.4, 0.5) is 0 Å². The Balaban J connectivity index is 1.44. The minimum absolute atomic E-state index is 0.0504. The van der Waals surface area contributed by atoms with Gasteiger partial charge < -0.3 is 19.6 Å². The van der Waals surface area contributed by atoms with Crippen LogP contribution in [-0.4, -0.2) is 28.6 Å². The molecule has 10 heteroatoms. The van der Waals surface area contributed by atoms with Crippen molar-refractivity contribution >= 4 is 46.7 Å². The molecule has 0 atom stereocenters. The van der Waals surface area contributed by atoms with E-state index in [4.69, 9.17) is 49.1 Å². The number of nitrogens with one attached hydrogen (secondary N) is 1. The molecule has 2 N–H and O–H groups in total. The van der Waals surface area contributed by atoms with Crippen LogP contribution in [0.25, 0.3) is 11.5 Å². The molecule has 4 rings (SSSR count). The number of hydrogen-bond acceptors (Lipinski definition) is 5. The Morgan fingerprint density at radius 3 is 2.38 bits per heavy atom. The Labute approximate surface area is 240 Å². The molecule has 0 unspecified atom stereocenters. The SMILES string of the molecule is Cc1oc(-c2ccccc2)nc1CCOc1ccc(CCC(=O)O)c(CNC(=O)c2c(Cl)cc(Cl)cc2Cl)c1. The Kier molecular flexibility index (Phi) is 9.51. The fourth-order valence-electron chi connectivity index (χ4n) is 3.99. The van der Waals surface area contributed by atoms with Crippen molar-refractivity contribution in [3.05, 3.63) is 104 Å². The largest absolute Gasteiger partial charge is 0.493 e. The summed E-state index contributed by atoms with van der Waals surface area (Å²) in [4.78, 5) is 28.6. The van der Waals surface area contributed by atoms with E-state index in [9.17, 15) is 9.59 Å². The maximum Gasteiger partial charge on any atom is 0.303 e. The highest BCUT2D eigenvalue weighted by atomic mass is 35.5. The van der Waals surface area contributed by atoms with Gasteiger partial charge in [-0.3, -0.25) is 9.59 Å². The Bertz CT molecular complexity index is 1460. The third-order valence-corrected chi connectivity index (χ3v) is 6.79. The van der Waals surface area contributed by atoms with Gasteiger partial charge in [0.25, 0.3) is 5.91 Å². The number of hydrogen-bond donors (Lipinski definition) is 2. The van der Waals surface area contributed by atoms with E-state index in [1.54, 1.807) is 18.2 Å². The maximum atomic E-state index is 12.8. The lowest BCUT2D eigenvalue weighted by atomic mass is 10.0. The third kappa shape index (κ3) is 7.53. The summed E-state index contributed by atoms with van der Waals surface area (Å²) in [5, 5.41) is 12.5. The fraction of sp³-hybridized carbons (Fsp3) is 0.207. The zero-order chi connectivity index (χ0) is 27.9. The lowest BCUT2D eigenvalue weighted by molar-refractivity contribution is -0.136. The first kappa shape index (κ1) is 28.5. The smallest absolute Gasteiger partial charge is 0.303 e. The number of ether oxygens (including phenoxy) is 1. The molecule has 202 valence electrons. The second-order valence-corrected chi connectivity index (χ2v) is 9.99. The Hall–Kier alpha value is -3.52. The summed E-state index contributed by atoms with van der Waals surface area (Å²) in [6, 6.07) is 17.9. The van der Waals surface area contributed by atoms with Gasteiger partial charge in [0.2, 0.25) is 5.89 Å². The summed E-state index contributed by atoms with van der Waals surface area (Å²) in [5.74, 6) is 0.468. The first-order valence-corrected chi connectivity index (χ1v) is 13.3. The van der Waals surface area contributed by atoms with Crippen LogP contribution in [0.1, 0.15) is 39.4 Å². The van der Waals surface area contributed by atoms with Gasteiger partial charge >= 0.3 is 5.97 Å². The number of aromatic nitrogens is 1. The van der Waals surface area contributed by atoms with Crippen molar-refractivity contribution in [2.45, 2.75) is 32.7 Å². The fourth-order valence-corrected chi connectivity index (χ4v) is 4.98. The van der Waals surface area contributed by atoms with Crippen molar-refractivity contribution in [2.24, 2.45) is 0 Å². The molecule has 0 spiro atoms. The van der Waals surface area contributed by atoms with E-state index in [1.165, 1.54) is 12.1 Å². The second-order valence-electron chi connectivity index (χ2n) is 8.74. The number of nitrogens with zero attached hydrogens (tertiary/aromatic N) is 1. The van der Waals surface area contributed by atoms with Crippen molar-refractivity contribution in [3.63, 3.8) is 0 Å². The molecule has 0 bridgehead atoms. The lowest BCUT2D eigenvalue weighted by Crippen LogP contribution is -2.24. The highest BCUT2D eigenvalue weighted by Gasteiger charge is 2.17. The number of carboxylic acids is 1. The van der Waals surface area contributed by atoms with E-state index < -0.39 is 11.9 Å². The highest BCUT2D eigenvalue weighted by molar-refractivity contribution is 6.42. The molecule has 1 aromatic heterocycles. The standard InChI is InChI=1S/C29H25Cl3N2O5/c1-17-25(34-29(39-17)19-5-3-2-4-6-19)11-12-38-22-9-7-18(8-10-26(35)36)20(13-22)16-33-28(37)27-23(31)14-21(30)15-24(27)32/h2-7,9,13-15H,8,10-12,16H2,1H3,(H,33,37)(H,35,36). The molecule has 0 fully saturated rings. The Morgan fingerprint density at radius 2 is 1.69 bits per heavy atom. The van der Waals surface area contributed by atoms with Crippen LogP contribution in [0.5, 0.6) is 5.75 Å². The van der Waals surface area contributed by atoms with Gasteiger partial charge in [0.1, 0.15) is 11.5 Å². The molecular weight excluding hydrogens is 563 g/mol. The molecule has 0 aliphatic heterocycles. The predicted octanol–water partition coefficient (Wildman–Crippen LogP) is 7.18. The molecule has 3 aromatic carbocycles. The van der Waals surface area contributed by atoms with Gasteiger partial charge in [-0.1, -0.05) is 59.1 Å². The number of amides is 1. The molecule has 39 heavy (non-hydrogen) atoms. The average Bonchev–Trinajstić information content (AvgIpc) is 3.27. The topological polar surface area (TPSA) is 102 Å². The van der Waals surface area contributed by atoms with Crippen LogP contribution >= 0.6 is 34.8 Å². The summed E-state index contributed by atoms with van der Waals surface area (Å²) < 4.78 is 11.8. The zero-order valence-electron chi connectivity index (χ0n) is 21.0. The lowest BCUT2D eigenvalue weighted by Gasteiger charge is -2.14.